The van der Waals surface area contributed by atoms with Crippen LogP contribution in [-0.2, 0) is 17.6 Å². The molecule has 1 saturated heterocycles. The molecule has 0 saturated carbocycles. The van der Waals surface area contributed by atoms with Gasteiger partial charge in [0.05, 0.1) is 12.1 Å². The number of rotatable bonds is 2. The lowest BCUT2D eigenvalue weighted by Crippen LogP contribution is -2.52. The van der Waals surface area contributed by atoms with E-state index in [-0.39, 0.29) is 18.0 Å². The van der Waals surface area contributed by atoms with Crippen molar-refractivity contribution >= 4 is 12.0 Å². The molecule has 120 valence electrons. The van der Waals surface area contributed by atoms with Gasteiger partial charge in [0, 0.05) is 31.2 Å². The Bertz CT molecular complexity index is 571. The number of amides is 2. The third kappa shape index (κ3) is 3.08. The minimum Gasteiger partial charge on any atom is -0.481 e. The topological polar surface area (TPSA) is 98.3 Å². The van der Waals surface area contributed by atoms with Gasteiger partial charge >= 0.3 is 12.0 Å². The second kappa shape index (κ2) is 5.98. The van der Waals surface area contributed by atoms with E-state index in [1.165, 1.54) is 5.56 Å². The van der Waals surface area contributed by atoms with Crippen molar-refractivity contribution in [2.45, 2.75) is 38.6 Å². The Kier molecular flexibility index (Phi) is 4.04. The van der Waals surface area contributed by atoms with E-state index in [0.717, 1.165) is 25.0 Å². The SMILES string of the molecule is CC1CC(C(=O)O)CN(C(=O)NC2CCc3cn[nH]c3C2)C1. The van der Waals surface area contributed by atoms with E-state index in [9.17, 15) is 14.7 Å². The molecular weight excluding hydrogens is 284 g/mol. The summed E-state index contributed by atoms with van der Waals surface area (Å²) < 4.78 is 0. The zero-order valence-corrected chi connectivity index (χ0v) is 12.7. The van der Waals surface area contributed by atoms with Crippen LogP contribution < -0.4 is 5.32 Å². The van der Waals surface area contributed by atoms with Crippen molar-refractivity contribution in [2.24, 2.45) is 11.8 Å². The van der Waals surface area contributed by atoms with Crippen molar-refractivity contribution in [1.29, 1.82) is 0 Å². The Morgan fingerprint density at radius 3 is 3.05 bits per heavy atom. The number of aliphatic carboxylic acids is 1. The van der Waals surface area contributed by atoms with Crippen LogP contribution in [0.4, 0.5) is 4.79 Å². The Hall–Kier alpha value is -2.05. The Labute approximate surface area is 129 Å². The fourth-order valence-electron chi connectivity index (χ4n) is 3.49. The minimum atomic E-state index is -0.816. The van der Waals surface area contributed by atoms with Crippen LogP contribution in [0.1, 0.15) is 31.0 Å². The van der Waals surface area contributed by atoms with Crippen LogP contribution in [0.15, 0.2) is 6.20 Å². The molecule has 1 aromatic rings. The number of carboxylic acid groups (broad SMARTS) is 1. The summed E-state index contributed by atoms with van der Waals surface area (Å²) in [6.07, 6.45) is 5.04. The summed E-state index contributed by atoms with van der Waals surface area (Å²) in [6.45, 7) is 2.91. The fraction of sp³-hybridized carbons (Fsp3) is 0.667. The van der Waals surface area contributed by atoms with Crippen molar-refractivity contribution in [3.63, 3.8) is 0 Å². The number of hydrogen-bond acceptors (Lipinski definition) is 3. The number of hydrogen-bond donors (Lipinski definition) is 3. The first kappa shape index (κ1) is 14.9. The first-order valence-corrected chi connectivity index (χ1v) is 7.82. The Morgan fingerprint density at radius 1 is 1.45 bits per heavy atom. The molecule has 2 aliphatic rings. The second-order valence-corrected chi connectivity index (χ2v) is 6.54. The number of aryl methyl sites for hydroxylation is 1. The molecule has 0 spiro atoms. The number of fused-ring (bicyclic) bond motifs is 1. The quantitative estimate of drug-likeness (QED) is 0.759. The predicted molar refractivity (Wildman–Crippen MR) is 79.4 cm³/mol. The van der Waals surface area contributed by atoms with Crippen LogP contribution in [-0.4, -0.2) is 51.3 Å². The van der Waals surface area contributed by atoms with Gasteiger partial charge < -0.3 is 15.3 Å². The van der Waals surface area contributed by atoms with Crippen LogP contribution in [0.3, 0.4) is 0 Å². The second-order valence-electron chi connectivity index (χ2n) is 6.54. The van der Waals surface area contributed by atoms with Gasteiger partial charge in [0.15, 0.2) is 0 Å². The van der Waals surface area contributed by atoms with Crippen molar-refractivity contribution in [2.75, 3.05) is 13.1 Å². The highest BCUT2D eigenvalue weighted by molar-refractivity contribution is 5.77. The number of carboxylic acids is 1. The number of urea groups is 1. The van der Waals surface area contributed by atoms with Gasteiger partial charge in [-0.3, -0.25) is 9.89 Å². The van der Waals surface area contributed by atoms with E-state index in [2.05, 4.69) is 15.5 Å². The highest BCUT2D eigenvalue weighted by Gasteiger charge is 2.33. The maximum atomic E-state index is 12.4. The lowest BCUT2D eigenvalue weighted by molar-refractivity contribution is -0.143. The van der Waals surface area contributed by atoms with Crippen molar-refractivity contribution in [3.05, 3.63) is 17.5 Å². The summed E-state index contributed by atoms with van der Waals surface area (Å²) in [7, 11) is 0. The molecule has 1 aliphatic carbocycles. The van der Waals surface area contributed by atoms with Crippen LogP contribution in [0, 0.1) is 11.8 Å². The molecule has 2 heterocycles. The van der Waals surface area contributed by atoms with Gasteiger partial charge in [0.2, 0.25) is 0 Å². The highest BCUT2D eigenvalue weighted by atomic mass is 16.4. The average Bonchev–Trinajstić information content (AvgIpc) is 2.94. The molecule has 3 rings (SSSR count). The zero-order valence-electron chi connectivity index (χ0n) is 12.7. The number of H-pyrrole nitrogens is 1. The number of nitrogens with one attached hydrogen (secondary N) is 2. The van der Waals surface area contributed by atoms with Gasteiger partial charge in [-0.1, -0.05) is 6.92 Å². The van der Waals surface area contributed by atoms with E-state index >= 15 is 0 Å². The third-order valence-corrected chi connectivity index (χ3v) is 4.64. The first-order valence-electron chi connectivity index (χ1n) is 7.82. The highest BCUT2D eigenvalue weighted by Crippen LogP contribution is 2.23. The molecule has 1 fully saturated rings. The molecule has 3 N–H and O–H groups in total. The first-order chi connectivity index (χ1) is 10.5. The van der Waals surface area contributed by atoms with Gasteiger partial charge in [-0.15, -0.1) is 0 Å². The number of carbonyl (C=O) groups excluding carboxylic acids is 1. The third-order valence-electron chi connectivity index (χ3n) is 4.64. The summed E-state index contributed by atoms with van der Waals surface area (Å²) in [5.41, 5.74) is 2.31. The normalized spacial score (nSPS) is 28.0. The smallest absolute Gasteiger partial charge is 0.317 e. The van der Waals surface area contributed by atoms with E-state index in [4.69, 9.17) is 0 Å². The van der Waals surface area contributed by atoms with E-state index in [1.807, 2.05) is 13.1 Å². The van der Waals surface area contributed by atoms with Crippen molar-refractivity contribution in [1.82, 2.24) is 20.4 Å². The maximum Gasteiger partial charge on any atom is 0.317 e. The lowest BCUT2D eigenvalue weighted by Gasteiger charge is -2.36. The number of aromatic nitrogens is 2. The molecule has 7 heteroatoms. The summed E-state index contributed by atoms with van der Waals surface area (Å²) in [5.74, 6) is -1.06. The molecule has 0 radical (unpaired) electrons. The fourth-order valence-corrected chi connectivity index (χ4v) is 3.49. The van der Waals surface area contributed by atoms with Crippen LogP contribution in [0.5, 0.6) is 0 Å². The number of aromatic amines is 1. The predicted octanol–water partition coefficient (Wildman–Crippen LogP) is 1.02. The summed E-state index contributed by atoms with van der Waals surface area (Å²) >= 11 is 0. The largest absolute Gasteiger partial charge is 0.481 e. The Balaban J connectivity index is 1.59. The van der Waals surface area contributed by atoms with E-state index < -0.39 is 11.9 Å². The maximum absolute atomic E-state index is 12.4. The average molecular weight is 306 g/mol. The molecule has 0 aromatic carbocycles. The molecular formula is C15H22N4O3. The molecule has 1 aromatic heterocycles. The lowest BCUT2D eigenvalue weighted by atomic mass is 9.90. The number of carbonyl (C=O) groups is 2. The van der Waals surface area contributed by atoms with E-state index in [1.54, 1.807) is 4.90 Å². The van der Waals surface area contributed by atoms with Crippen LogP contribution in [0.25, 0.3) is 0 Å². The number of likely N-dealkylation sites (tertiary alicyclic amines) is 1. The van der Waals surface area contributed by atoms with Crippen molar-refractivity contribution < 1.29 is 14.7 Å². The van der Waals surface area contributed by atoms with Gasteiger partial charge in [0.1, 0.15) is 0 Å². The summed E-state index contributed by atoms with van der Waals surface area (Å²) in [6, 6.07) is -0.0632. The number of piperidine rings is 1. The molecule has 2 amide bonds. The van der Waals surface area contributed by atoms with Gasteiger partial charge in [0.25, 0.3) is 0 Å². The van der Waals surface area contributed by atoms with E-state index in [0.29, 0.717) is 19.5 Å². The molecule has 3 unspecified atom stereocenters. The van der Waals surface area contributed by atoms with Gasteiger partial charge in [-0.25, -0.2) is 4.79 Å². The van der Waals surface area contributed by atoms with Crippen molar-refractivity contribution in [3.8, 4) is 0 Å². The summed E-state index contributed by atoms with van der Waals surface area (Å²) in [5, 5.41) is 19.2. The molecule has 7 nitrogen and oxygen atoms in total. The van der Waals surface area contributed by atoms with Crippen LogP contribution in [0.2, 0.25) is 0 Å². The minimum absolute atomic E-state index is 0.0842. The Morgan fingerprint density at radius 2 is 2.27 bits per heavy atom. The molecule has 0 bridgehead atoms. The molecule has 3 atom stereocenters. The zero-order chi connectivity index (χ0) is 15.7. The summed E-state index contributed by atoms with van der Waals surface area (Å²) in [4.78, 5) is 25.3. The molecule has 1 aliphatic heterocycles. The van der Waals surface area contributed by atoms with Gasteiger partial charge in [-0.2, -0.15) is 5.10 Å². The van der Waals surface area contributed by atoms with Crippen LogP contribution >= 0.6 is 0 Å². The van der Waals surface area contributed by atoms with Gasteiger partial charge in [-0.05, 0) is 30.7 Å². The monoisotopic (exact) mass is 306 g/mol. The number of nitrogens with zero attached hydrogens (tertiary/aromatic N) is 2. The molecule has 22 heavy (non-hydrogen) atoms. The standard InChI is InChI=1S/C15H22N4O3/c1-9-4-11(14(20)21)8-19(7-9)15(22)17-12-3-2-10-6-16-18-13(10)5-12/h6,9,11-12H,2-5,7-8H2,1H3,(H,16,18)(H,17,22)(H,20,21).